The first-order valence-corrected chi connectivity index (χ1v) is 9.54. The third-order valence-corrected chi connectivity index (χ3v) is 5.45. The number of amides is 1. The number of hydrogen-bond acceptors (Lipinski definition) is 3. The maximum atomic E-state index is 13.1. The Balaban J connectivity index is 2.24. The number of carbonyl (C=O) groups excluding carboxylic acids is 1. The number of carboxylic acids is 1. The van der Waals surface area contributed by atoms with E-state index in [2.05, 4.69) is 4.99 Å². The minimum absolute atomic E-state index is 0.0409. The lowest BCUT2D eigenvalue weighted by molar-refractivity contribution is -0.141. The number of hydrogen-bond donors (Lipinski definition) is 1. The van der Waals surface area contributed by atoms with E-state index in [1.165, 1.54) is 10.6 Å². The van der Waals surface area contributed by atoms with Gasteiger partial charge in [-0.3, -0.25) is 4.79 Å². The Hall–Kier alpha value is -2.94. The van der Waals surface area contributed by atoms with Crippen LogP contribution in [0.15, 0.2) is 47.5 Å². The van der Waals surface area contributed by atoms with Gasteiger partial charge in [0.1, 0.15) is 6.04 Å². The molecule has 9 heteroatoms. The summed E-state index contributed by atoms with van der Waals surface area (Å²) in [7, 11) is 0. The standard InChI is InChI=1S/C20H17F3N2O3S/c1-3-14(18(27)28)25-15-9-8-13(20(21,22)23)10-16(15)29-19(25)24-17(26)12-6-4-11(2)5-7-12/h4-10,14H,3H2,1-2H3,(H,27,28). The zero-order chi connectivity index (χ0) is 21.3. The molecule has 0 saturated carbocycles. The van der Waals surface area contributed by atoms with Crippen molar-refractivity contribution in [2.75, 3.05) is 0 Å². The van der Waals surface area contributed by atoms with Crippen molar-refractivity contribution in [3.8, 4) is 0 Å². The molecular formula is C20H17F3N2O3S. The fourth-order valence-electron chi connectivity index (χ4n) is 2.91. The normalized spacial score (nSPS) is 13.6. The van der Waals surface area contributed by atoms with Crippen molar-refractivity contribution in [3.05, 3.63) is 64.0 Å². The fourth-order valence-corrected chi connectivity index (χ4v) is 4.02. The zero-order valence-corrected chi connectivity index (χ0v) is 16.3. The van der Waals surface area contributed by atoms with Crippen molar-refractivity contribution in [2.24, 2.45) is 4.99 Å². The lowest BCUT2D eigenvalue weighted by Crippen LogP contribution is -2.27. The average molecular weight is 422 g/mol. The lowest BCUT2D eigenvalue weighted by Gasteiger charge is -2.14. The number of rotatable bonds is 4. The summed E-state index contributed by atoms with van der Waals surface area (Å²) in [6.07, 6.45) is -4.36. The Morgan fingerprint density at radius 3 is 2.38 bits per heavy atom. The molecule has 0 aliphatic carbocycles. The van der Waals surface area contributed by atoms with Gasteiger partial charge in [0.05, 0.1) is 15.8 Å². The number of carboxylic acid groups (broad SMARTS) is 1. The molecule has 5 nitrogen and oxygen atoms in total. The molecule has 0 radical (unpaired) electrons. The maximum absolute atomic E-state index is 13.1. The number of aryl methyl sites for hydroxylation is 1. The van der Waals surface area contributed by atoms with Crippen molar-refractivity contribution in [1.29, 1.82) is 0 Å². The van der Waals surface area contributed by atoms with Gasteiger partial charge in [0.15, 0.2) is 4.80 Å². The van der Waals surface area contributed by atoms with Gasteiger partial charge in [0.2, 0.25) is 0 Å². The molecule has 152 valence electrons. The Morgan fingerprint density at radius 1 is 1.17 bits per heavy atom. The molecule has 1 atom stereocenters. The Bertz CT molecular complexity index is 1140. The highest BCUT2D eigenvalue weighted by Crippen LogP contribution is 2.33. The summed E-state index contributed by atoms with van der Waals surface area (Å²) >= 11 is 0.854. The van der Waals surface area contributed by atoms with E-state index < -0.39 is 29.7 Å². The van der Waals surface area contributed by atoms with Crippen LogP contribution >= 0.6 is 11.3 Å². The van der Waals surface area contributed by atoms with Crippen molar-refractivity contribution in [3.63, 3.8) is 0 Å². The number of alkyl halides is 3. The highest BCUT2D eigenvalue weighted by atomic mass is 32.1. The van der Waals surface area contributed by atoms with Gasteiger partial charge in [-0.25, -0.2) is 4.79 Å². The monoisotopic (exact) mass is 422 g/mol. The summed E-state index contributed by atoms with van der Waals surface area (Å²) in [4.78, 5) is 28.4. The topological polar surface area (TPSA) is 71.7 Å². The van der Waals surface area contributed by atoms with E-state index in [1.807, 2.05) is 6.92 Å². The summed E-state index contributed by atoms with van der Waals surface area (Å²) in [5.41, 5.74) is 0.694. The van der Waals surface area contributed by atoms with E-state index in [4.69, 9.17) is 0 Å². The summed E-state index contributed by atoms with van der Waals surface area (Å²) < 4.78 is 40.7. The largest absolute Gasteiger partial charge is 0.480 e. The Morgan fingerprint density at radius 2 is 1.83 bits per heavy atom. The summed E-state index contributed by atoms with van der Waals surface area (Å²) in [6, 6.07) is 8.66. The second kappa shape index (κ2) is 7.82. The van der Waals surface area contributed by atoms with Crippen LogP contribution in [0, 0.1) is 6.92 Å². The van der Waals surface area contributed by atoms with Crippen LogP contribution in [0.5, 0.6) is 0 Å². The molecule has 0 fully saturated rings. The van der Waals surface area contributed by atoms with Gasteiger partial charge < -0.3 is 9.67 Å². The van der Waals surface area contributed by atoms with Crippen LogP contribution in [-0.2, 0) is 11.0 Å². The maximum Gasteiger partial charge on any atom is 0.416 e. The molecule has 1 aromatic heterocycles. The van der Waals surface area contributed by atoms with Gasteiger partial charge in [0, 0.05) is 5.56 Å². The molecule has 29 heavy (non-hydrogen) atoms. The zero-order valence-electron chi connectivity index (χ0n) is 15.5. The number of aromatic nitrogens is 1. The number of fused-ring (bicyclic) bond motifs is 1. The predicted octanol–water partition coefficient (Wildman–Crippen LogP) is 4.81. The molecule has 0 spiro atoms. The van der Waals surface area contributed by atoms with Crippen molar-refractivity contribution in [2.45, 2.75) is 32.5 Å². The third kappa shape index (κ3) is 4.24. The van der Waals surface area contributed by atoms with Gasteiger partial charge >= 0.3 is 12.1 Å². The van der Waals surface area contributed by atoms with Crippen LogP contribution in [0.3, 0.4) is 0 Å². The molecule has 0 saturated heterocycles. The summed E-state index contributed by atoms with van der Waals surface area (Å²) in [6.45, 7) is 3.51. The van der Waals surface area contributed by atoms with Crippen LogP contribution in [-0.4, -0.2) is 21.6 Å². The number of halogens is 3. The quantitative estimate of drug-likeness (QED) is 0.656. The van der Waals surface area contributed by atoms with Crippen molar-refractivity contribution >= 4 is 33.4 Å². The van der Waals surface area contributed by atoms with Crippen LogP contribution in [0.2, 0.25) is 0 Å². The first kappa shape index (κ1) is 20.8. The van der Waals surface area contributed by atoms with Gasteiger partial charge in [0.25, 0.3) is 5.91 Å². The summed E-state index contributed by atoms with van der Waals surface area (Å²) in [5, 5.41) is 9.57. The van der Waals surface area contributed by atoms with Gasteiger partial charge in [-0.15, -0.1) is 0 Å². The third-order valence-electron chi connectivity index (χ3n) is 4.43. The number of thiazole rings is 1. The molecule has 1 unspecified atom stereocenters. The molecule has 1 N–H and O–H groups in total. The molecular weight excluding hydrogens is 405 g/mol. The second-order valence-corrected chi connectivity index (χ2v) is 7.49. The van der Waals surface area contributed by atoms with Crippen LogP contribution in [0.1, 0.15) is 40.9 Å². The van der Waals surface area contributed by atoms with Crippen LogP contribution in [0.4, 0.5) is 13.2 Å². The Labute approximate surface area is 167 Å². The SMILES string of the molecule is CCC(C(=O)O)n1c(=NC(=O)c2ccc(C)cc2)sc2cc(C(F)(F)F)ccc21. The highest BCUT2D eigenvalue weighted by molar-refractivity contribution is 7.16. The van der Waals surface area contributed by atoms with E-state index in [0.29, 0.717) is 5.56 Å². The number of carbonyl (C=O) groups is 2. The molecule has 0 bridgehead atoms. The van der Waals surface area contributed by atoms with Crippen LogP contribution < -0.4 is 4.80 Å². The Kier molecular flexibility index (Phi) is 5.61. The first-order valence-electron chi connectivity index (χ1n) is 8.72. The predicted molar refractivity (Wildman–Crippen MR) is 103 cm³/mol. The number of aliphatic carboxylic acids is 1. The molecule has 0 aliphatic rings. The van der Waals surface area contributed by atoms with Crippen LogP contribution in [0.25, 0.3) is 10.2 Å². The molecule has 1 amide bonds. The molecule has 2 aromatic carbocycles. The van der Waals surface area contributed by atoms with Gasteiger partial charge in [-0.1, -0.05) is 36.0 Å². The smallest absolute Gasteiger partial charge is 0.416 e. The van der Waals surface area contributed by atoms with E-state index in [9.17, 15) is 27.9 Å². The second-order valence-electron chi connectivity index (χ2n) is 6.48. The molecule has 3 rings (SSSR count). The molecule has 1 heterocycles. The van der Waals surface area contributed by atoms with Crippen molar-refractivity contribution in [1.82, 2.24) is 4.57 Å². The lowest BCUT2D eigenvalue weighted by atomic mass is 10.1. The van der Waals surface area contributed by atoms with Gasteiger partial charge in [-0.05, 0) is 43.7 Å². The van der Waals surface area contributed by atoms with Gasteiger partial charge in [-0.2, -0.15) is 18.2 Å². The first-order chi connectivity index (χ1) is 13.6. The number of benzene rings is 2. The highest BCUT2D eigenvalue weighted by Gasteiger charge is 2.31. The van der Waals surface area contributed by atoms with E-state index in [-0.39, 0.29) is 21.4 Å². The van der Waals surface area contributed by atoms with E-state index >= 15 is 0 Å². The van der Waals surface area contributed by atoms with E-state index in [1.54, 1.807) is 31.2 Å². The molecule has 0 aliphatic heterocycles. The van der Waals surface area contributed by atoms with Crippen molar-refractivity contribution < 1.29 is 27.9 Å². The minimum atomic E-state index is -4.53. The average Bonchev–Trinajstić information content (AvgIpc) is 2.99. The molecule has 3 aromatic rings. The minimum Gasteiger partial charge on any atom is -0.480 e. The fraction of sp³-hybridized carbons (Fsp3) is 0.250. The summed E-state index contributed by atoms with van der Waals surface area (Å²) in [5.74, 6) is -1.75. The number of nitrogens with zero attached hydrogens (tertiary/aromatic N) is 2. The van der Waals surface area contributed by atoms with E-state index in [0.717, 1.165) is 29.0 Å².